The molecule has 1 unspecified atom stereocenters. The van der Waals surface area contributed by atoms with Gasteiger partial charge in [0.2, 0.25) is 0 Å². The predicted octanol–water partition coefficient (Wildman–Crippen LogP) is 2.02. The van der Waals surface area contributed by atoms with E-state index in [4.69, 9.17) is 10.6 Å². The summed E-state index contributed by atoms with van der Waals surface area (Å²) in [5, 5.41) is 0. The third-order valence-electron chi connectivity index (χ3n) is 2.90. The van der Waals surface area contributed by atoms with E-state index in [2.05, 4.69) is 5.43 Å². The average molecular weight is 240 g/mol. The lowest BCUT2D eigenvalue weighted by molar-refractivity contribution is 0.00710. The van der Waals surface area contributed by atoms with Crippen LogP contribution in [0, 0.1) is 5.82 Å². The third-order valence-corrected chi connectivity index (χ3v) is 2.90. The molecule has 0 aliphatic heterocycles. The van der Waals surface area contributed by atoms with Crippen molar-refractivity contribution in [3.63, 3.8) is 0 Å². The van der Waals surface area contributed by atoms with Crippen molar-refractivity contribution >= 4 is 0 Å². The Morgan fingerprint density at radius 3 is 2.71 bits per heavy atom. The number of rotatable bonds is 6. The van der Waals surface area contributed by atoms with Gasteiger partial charge in [-0.1, -0.05) is 12.1 Å². The Balaban J connectivity index is 2.64. The van der Waals surface area contributed by atoms with Crippen molar-refractivity contribution < 1.29 is 9.13 Å². The number of hydrogen-bond donors (Lipinski definition) is 2. The summed E-state index contributed by atoms with van der Waals surface area (Å²) in [4.78, 5) is 0. The molecule has 1 atom stereocenters. The van der Waals surface area contributed by atoms with Gasteiger partial charge in [-0.3, -0.25) is 11.3 Å². The molecule has 1 rings (SSSR count). The van der Waals surface area contributed by atoms with Gasteiger partial charge >= 0.3 is 0 Å². The SMILES string of the molecule is COC(C)(C)CC(Cc1cccc(F)c1)NN. The molecular formula is C13H21FN2O. The average Bonchev–Trinajstić information content (AvgIpc) is 2.28. The van der Waals surface area contributed by atoms with Crippen LogP contribution in [0.5, 0.6) is 0 Å². The minimum absolute atomic E-state index is 0.0618. The number of ether oxygens (including phenoxy) is 1. The number of nitrogens with one attached hydrogen (secondary N) is 1. The summed E-state index contributed by atoms with van der Waals surface area (Å²) in [6.45, 7) is 4.01. The summed E-state index contributed by atoms with van der Waals surface area (Å²) in [7, 11) is 1.68. The maximum atomic E-state index is 13.0. The first kappa shape index (κ1) is 14.1. The quantitative estimate of drug-likeness (QED) is 0.590. The molecule has 0 aromatic heterocycles. The van der Waals surface area contributed by atoms with E-state index in [-0.39, 0.29) is 17.5 Å². The van der Waals surface area contributed by atoms with Crippen LogP contribution >= 0.6 is 0 Å². The molecule has 0 saturated heterocycles. The molecule has 0 spiro atoms. The van der Waals surface area contributed by atoms with E-state index in [1.54, 1.807) is 13.2 Å². The van der Waals surface area contributed by atoms with Gasteiger partial charge in [-0.2, -0.15) is 0 Å². The second kappa shape index (κ2) is 6.10. The summed E-state index contributed by atoms with van der Waals surface area (Å²) < 4.78 is 18.4. The highest BCUT2D eigenvalue weighted by Gasteiger charge is 2.22. The van der Waals surface area contributed by atoms with E-state index in [1.807, 2.05) is 19.9 Å². The standard InChI is InChI=1S/C13H21FN2O/c1-13(2,17-3)9-12(16-15)8-10-5-4-6-11(14)7-10/h4-7,12,16H,8-9,15H2,1-3H3. The van der Waals surface area contributed by atoms with Gasteiger partial charge in [0, 0.05) is 13.2 Å². The fourth-order valence-electron chi connectivity index (χ4n) is 1.82. The van der Waals surface area contributed by atoms with Crippen LogP contribution in [0.4, 0.5) is 4.39 Å². The third kappa shape index (κ3) is 4.81. The number of hydrogen-bond acceptors (Lipinski definition) is 3. The Hall–Kier alpha value is -0.970. The van der Waals surface area contributed by atoms with E-state index in [1.165, 1.54) is 12.1 Å². The lowest BCUT2D eigenvalue weighted by atomic mass is 9.94. The van der Waals surface area contributed by atoms with Crippen LogP contribution in [-0.4, -0.2) is 18.8 Å². The summed E-state index contributed by atoms with van der Waals surface area (Å²) in [5.74, 6) is 5.30. The Morgan fingerprint density at radius 1 is 1.47 bits per heavy atom. The van der Waals surface area contributed by atoms with Crippen molar-refractivity contribution in [3.05, 3.63) is 35.6 Å². The number of halogens is 1. The van der Waals surface area contributed by atoms with E-state index in [0.29, 0.717) is 6.42 Å². The van der Waals surface area contributed by atoms with Crippen LogP contribution in [0.25, 0.3) is 0 Å². The van der Waals surface area contributed by atoms with Gasteiger partial charge in [0.1, 0.15) is 5.82 Å². The molecule has 0 radical (unpaired) electrons. The highest BCUT2D eigenvalue weighted by Crippen LogP contribution is 2.18. The first-order valence-electron chi connectivity index (χ1n) is 5.72. The zero-order valence-electron chi connectivity index (χ0n) is 10.7. The Labute approximate surface area is 102 Å². The smallest absolute Gasteiger partial charge is 0.123 e. The number of benzene rings is 1. The van der Waals surface area contributed by atoms with Gasteiger partial charge in [-0.25, -0.2) is 4.39 Å². The van der Waals surface area contributed by atoms with Crippen molar-refractivity contribution in [1.82, 2.24) is 5.43 Å². The number of methoxy groups -OCH3 is 1. The molecule has 17 heavy (non-hydrogen) atoms. The topological polar surface area (TPSA) is 47.3 Å². The minimum atomic E-state index is -0.246. The van der Waals surface area contributed by atoms with Crippen LogP contribution in [0.2, 0.25) is 0 Å². The van der Waals surface area contributed by atoms with Crippen molar-refractivity contribution in [1.29, 1.82) is 0 Å². The molecule has 1 aromatic rings. The van der Waals surface area contributed by atoms with Gasteiger partial charge < -0.3 is 4.74 Å². The normalized spacial score (nSPS) is 13.7. The van der Waals surface area contributed by atoms with Gasteiger partial charge in [0.25, 0.3) is 0 Å². The zero-order valence-corrected chi connectivity index (χ0v) is 10.7. The molecule has 0 aliphatic carbocycles. The van der Waals surface area contributed by atoms with Crippen molar-refractivity contribution in [3.8, 4) is 0 Å². The van der Waals surface area contributed by atoms with Gasteiger partial charge in [0.15, 0.2) is 0 Å². The second-order valence-electron chi connectivity index (χ2n) is 4.87. The first-order chi connectivity index (χ1) is 7.96. The molecule has 1 aromatic carbocycles. The second-order valence-corrected chi connectivity index (χ2v) is 4.87. The maximum absolute atomic E-state index is 13.0. The van der Waals surface area contributed by atoms with Crippen molar-refractivity contribution in [2.75, 3.05) is 7.11 Å². The van der Waals surface area contributed by atoms with Crippen LogP contribution < -0.4 is 11.3 Å². The fraction of sp³-hybridized carbons (Fsp3) is 0.538. The Bertz CT molecular complexity index is 355. The molecule has 0 saturated carbocycles. The lowest BCUT2D eigenvalue weighted by Crippen LogP contribution is -2.42. The Kier molecular flexibility index (Phi) is 5.05. The molecule has 0 fully saturated rings. The molecular weight excluding hydrogens is 219 g/mol. The molecule has 0 amide bonds. The monoisotopic (exact) mass is 240 g/mol. The van der Waals surface area contributed by atoms with E-state index < -0.39 is 0 Å². The van der Waals surface area contributed by atoms with E-state index >= 15 is 0 Å². The van der Waals surface area contributed by atoms with Crippen LogP contribution in [0.1, 0.15) is 25.8 Å². The fourth-order valence-corrected chi connectivity index (χ4v) is 1.82. The van der Waals surface area contributed by atoms with Crippen LogP contribution in [-0.2, 0) is 11.2 Å². The van der Waals surface area contributed by atoms with E-state index in [0.717, 1.165) is 12.0 Å². The highest BCUT2D eigenvalue weighted by atomic mass is 19.1. The van der Waals surface area contributed by atoms with Crippen LogP contribution in [0.3, 0.4) is 0 Å². The number of nitrogens with two attached hydrogens (primary N) is 1. The van der Waals surface area contributed by atoms with Gasteiger partial charge in [-0.05, 0) is 44.4 Å². The molecule has 96 valence electrons. The Morgan fingerprint density at radius 2 is 2.18 bits per heavy atom. The molecule has 4 heteroatoms. The summed E-state index contributed by atoms with van der Waals surface area (Å²) in [5.41, 5.74) is 3.44. The molecule has 0 heterocycles. The van der Waals surface area contributed by atoms with Crippen molar-refractivity contribution in [2.24, 2.45) is 5.84 Å². The summed E-state index contributed by atoms with van der Waals surface area (Å²) >= 11 is 0. The van der Waals surface area contributed by atoms with E-state index in [9.17, 15) is 4.39 Å². The predicted molar refractivity (Wildman–Crippen MR) is 66.9 cm³/mol. The lowest BCUT2D eigenvalue weighted by Gasteiger charge is -2.28. The minimum Gasteiger partial charge on any atom is -0.379 e. The van der Waals surface area contributed by atoms with Crippen LogP contribution in [0.15, 0.2) is 24.3 Å². The van der Waals surface area contributed by atoms with Gasteiger partial charge in [0.05, 0.1) is 5.60 Å². The van der Waals surface area contributed by atoms with Crippen molar-refractivity contribution in [2.45, 2.75) is 38.3 Å². The zero-order chi connectivity index (χ0) is 12.9. The highest BCUT2D eigenvalue weighted by molar-refractivity contribution is 5.17. The molecule has 0 aliphatic rings. The largest absolute Gasteiger partial charge is 0.379 e. The maximum Gasteiger partial charge on any atom is 0.123 e. The first-order valence-corrected chi connectivity index (χ1v) is 5.72. The number of hydrazine groups is 1. The summed E-state index contributed by atoms with van der Waals surface area (Å²) in [6, 6.07) is 6.64. The molecule has 3 N–H and O–H groups in total. The summed E-state index contributed by atoms with van der Waals surface area (Å²) in [6.07, 6.45) is 1.44. The molecule has 3 nitrogen and oxygen atoms in total. The van der Waals surface area contributed by atoms with Gasteiger partial charge in [-0.15, -0.1) is 0 Å². The molecule has 0 bridgehead atoms.